The van der Waals surface area contributed by atoms with Crippen molar-refractivity contribution in [2.45, 2.75) is 19.3 Å². The molecule has 2 heterocycles. The number of rotatable bonds is 8. The topological polar surface area (TPSA) is 77.3 Å². The highest BCUT2D eigenvalue weighted by atomic mass is 15.0. The van der Waals surface area contributed by atoms with Crippen LogP contribution in [0.1, 0.15) is 25.0 Å². The van der Waals surface area contributed by atoms with Crippen LogP contribution < -0.4 is 0 Å². The Balaban J connectivity index is 0.997. The molecule has 0 saturated carbocycles. The monoisotopic (exact) mass is 908 g/mol. The summed E-state index contributed by atoms with van der Waals surface area (Å²) in [6.07, 6.45) is 0. The Morgan fingerprint density at radius 1 is 0.254 bits per heavy atom. The fourth-order valence-corrected chi connectivity index (χ4v) is 10.4. The molecule has 0 spiro atoms. The number of hydrogen-bond donors (Lipinski definition) is 0. The lowest BCUT2D eigenvalue weighted by molar-refractivity contribution is 0.660. The fourth-order valence-electron chi connectivity index (χ4n) is 10.4. The van der Waals surface area contributed by atoms with Crippen LogP contribution in [0.4, 0.5) is 0 Å². The summed E-state index contributed by atoms with van der Waals surface area (Å²) >= 11 is 0. The maximum Gasteiger partial charge on any atom is 0.164 e. The van der Waals surface area contributed by atoms with E-state index in [0.29, 0.717) is 34.9 Å². The number of hydrogen-bond acceptors (Lipinski definition) is 6. The quantitative estimate of drug-likeness (QED) is 0.151. The summed E-state index contributed by atoms with van der Waals surface area (Å²) in [5.41, 5.74) is 14.8. The van der Waals surface area contributed by atoms with E-state index < -0.39 is 0 Å². The van der Waals surface area contributed by atoms with Crippen molar-refractivity contribution in [2.75, 3.05) is 0 Å². The highest BCUT2D eigenvalue weighted by molar-refractivity contribution is 6.06. The van der Waals surface area contributed by atoms with Gasteiger partial charge in [-0.3, -0.25) is 0 Å². The Bertz CT molecular complexity index is 3940. The highest BCUT2D eigenvalue weighted by Crippen LogP contribution is 2.50. The van der Waals surface area contributed by atoms with Gasteiger partial charge in [0.15, 0.2) is 34.9 Å². The molecular formula is C65H44N6. The van der Waals surface area contributed by atoms with Crippen LogP contribution in [0.15, 0.2) is 231 Å². The lowest BCUT2D eigenvalue weighted by Crippen LogP contribution is -2.15. The first-order chi connectivity index (χ1) is 34.9. The Hall–Kier alpha value is -9.26. The highest BCUT2D eigenvalue weighted by Gasteiger charge is 2.35. The molecular weight excluding hydrogens is 865 g/mol. The summed E-state index contributed by atoms with van der Waals surface area (Å²) in [4.78, 5) is 31.3. The second-order valence-electron chi connectivity index (χ2n) is 18.6. The van der Waals surface area contributed by atoms with Gasteiger partial charge in [-0.2, -0.15) is 0 Å². The van der Waals surface area contributed by atoms with Crippen molar-refractivity contribution in [3.8, 4) is 102 Å². The van der Waals surface area contributed by atoms with Gasteiger partial charge in [-0.05, 0) is 78.7 Å². The molecule has 2 aromatic heterocycles. The van der Waals surface area contributed by atoms with Crippen molar-refractivity contribution in [1.82, 2.24) is 29.9 Å². The molecule has 71 heavy (non-hydrogen) atoms. The molecule has 10 aromatic carbocycles. The van der Waals surface area contributed by atoms with E-state index in [4.69, 9.17) is 29.9 Å². The van der Waals surface area contributed by atoms with Crippen LogP contribution in [-0.2, 0) is 5.41 Å². The van der Waals surface area contributed by atoms with Crippen molar-refractivity contribution in [1.29, 1.82) is 0 Å². The van der Waals surface area contributed by atoms with Crippen molar-refractivity contribution in [2.24, 2.45) is 0 Å². The van der Waals surface area contributed by atoms with Crippen molar-refractivity contribution in [3.05, 3.63) is 242 Å². The lowest BCUT2D eigenvalue weighted by Gasteiger charge is -2.22. The molecule has 6 heteroatoms. The first-order valence-corrected chi connectivity index (χ1v) is 24.0. The van der Waals surface area contributed by atoms with Gasteiger partial charge in [-0.25, -0.2) is 29.9 Å². The molecule has 0 atom stereocenters. The minimum absolute atomic E-state index is 0.199. The van der Waals surface area contributed by atoms with Gasteiger partial charge in [-0.1, -0.05) is 226 Å². The third-order valence-corrected chi connectivity index (χ3v) is 14.0. The summed E-state index contributed by atoms with van der Waals surface area (Å²) < 4.78 is 0. The van der Waals surface area contributed by atoms with Gasteiger partial charge in [0.25, 0.3) is 0 Å². The van der Waals surface area contributed by atoms with Crippen LogP contribution in [0.25, 0.3) is 123 Å². The minimum atomic E-state index is -0.199. The molecule has 0 unspecified atom stereocenters. The average molecular weight is 909 g/mol. The second kappa shape index (κ2) is 17.1. The predicted octanol–water partition coefficient (Wildman–Crippen LogP) is 16.0. The molecule has 1 aliphatic rings. The average Bonchev–Trinajstić information content (AvgIpc) is 3.67. The first kappa shape index (κ1) is 41.9. The van der Waals surface area contributed by atoms with Crippen molar-refractivity contribution < 1.29 is 0 Å². The summed E-state index contributed by atoms with van der Waals surface area (Å²) in [6.45, 7) is 4.62. The Labute approximate surface area is 412 Å². The minimum Gasteiger partial charge on any atom is -0.208 e. The summed E-state index contributed by atoms with van der Waals surface area (Å²) in [7, 11) is 0. The maximum absolute atomic E-state index is 5.47. The zero-order chi connectivity index (χ0) is 47.5. The molecule has 0 N–H and O–H groups in total. The van der Waals surface area contributed by atoms with Crippen LogP contribution >= 0.6 is 0 Å². The van der Waals surface area contributed by atoms with Gasteiger partial charge >= 0.3 is 0 Å². The Morgan fingerprint density at radius 2 is 0.662 bits per heavy atom. The van der Waals surface area contributed by atoms with Gasteiger partial charge < -0.3 is 0 Å². The fraction of sp³-hybridized carbons (Fsp3) is 0.0462. The third kappa shape index (κ3) is 7.36. The Morgan fingerprint density at radius 3 is 1.32 bits per heavy atom. The smallest absolute Gasteiger partial charge is 0.164 e. The molecule has 0 amide bonds. The van der Waals surface area contributed by atoms with Gasteiger partial charge in [0, 0.05) is 44.4 Å². The van der Waals surface area contributed by atoms with E-state index in [2.05, 4.69) is 184 Å². The molecule has 0 saturated heterocycles. The number of aromatic nitrogens is 6. The molecule has 13 rings (SSSR count). The van der Waals surface area contributed by atoms with Crippen LogP contribution in [-0.4, -0.2) is 29.9 Å². The SMILES string of the molecule is CC1(C)c2ccccc2-c2ccc(-c3nc(-c4ccc5ccccc5c4-c4ccc(-c5nc(-c6ccccc6)nc(-c6ccccc6)n5)cc4)nc(-c4ccc(-c5ccccc5)c5ccccc45)n3)cc21. The van der Waals surface area contributed by atoms with Gasteiger partial charge in [0.2, 0.25) is 0 Å². The summed E-state index contributed by atoms with van der Waals surface area (Å²) in [6, 6.07) is 80.5. The normalized spacial score (nSPS) is 12.5. The molecule has 0 fully saturated rings. The summed E-state index contributed by atoms with van der Waals surface area (Å²) in [5, 5.41) is 4.41. The van der Waals surface area contributed by atoms with E-state index in [1.165, 1.54) is 22.3 Å². The molecule has 0 bridgehead atoms. The molecule has 0 radical (unpaired) electrons. The van der Waals surface area contributed by atoms with Crippen LogP contribution in [0.3, 0.4) is 0 Å². The van der Waals surface area contributed by atoms with Crippen LogP contribution in [0.5, 0.6) is 0 Å². The third-order valence-electron chi connectivity index (χ3n) is 14.0. The van der Waals surface area contributed by atoms with E-state index >= 15 is 0 Å². The molecule has 1 aliphatic carbocycles. The number of fused-ring (bicyclic) bond motifs is 5. The van der Waals surface area contributed by atoms with E-state index in [-0.39, 0.29) is 5.41 Å². The molecule has 12 aromatic rings. The standard InChI is InChI=1S/C65H44N6/c1-65(2)56-29-17-16-28-52(56)53-36-35-47(40-57(53)65)62-69-63(54-39-38-48(41-18-6-3-7-19-41)50-26-14-15-27-51(50)54)71-64(70-62)55-37-34-42-20-12-13-25-49(42)58(55)43-30-32-46(33-31-43)61-67-59(44-21-8-4-9-22-44)66-60(68-61)45-23-10-5-11-24-45/h3-40H,1-2H3. The molecule has 6 nitrogen and oxygen atoms in total. The molecule has 0 aliphatic heterocycles. The van der Waals surface area contributed by atoms with E-state index in [1.54, 1.807) is 0 Å². The number of nitrogens with zero attached hydrogens (tertiary/aromatic N) is 6. The van der Waals surface area contributed by atoms with Crippen molar-refractivity contribution >= 4 is 21.5 Å². The zero-order valence-electron chi connectivity index (χ0n) is 39.1. The molecule has 334 valence electrons. The summed E-state index contributed by atoms with van der Waals surface area (Å²) in [5.74, 6) is 3.65. The van der Waals surface area contributed by atoms with Gasteiger partial charge in [0.05, 0.1) is 0 Å². The number of benzene rings is 10. The maximum atomic E-state index is 5.47. The van der Waals surface area contributed by atoms with Crippen LogP contribution in [0.2, 0.25) is 0 Å². The zero-order valence-corrected chi connectivity index (χ0v) is 39.1. The van der Waals surface area contributed by atoms with E-state index in [1.807, 2.05) is 60.7 Å². The second-order valence-corrected chi connectivity index (χ2v) is 18.6. The van der Waals surface area contributed by atoms with Gasteiger partial charge in [0.1, 0.15) is 0 Å². The van der Waals surface area contributed by atoms with Crippen LogP contribution in [0, 0.1) is 0 Å². The lowest BCUT2D eigenvalue weighted by atomic mass is 9.82. The first-order valence-electron chi connectivity index (χ1n) is 24.0. The van der Waals surface area contributed by atoms with E-state index in [9.17, 15) is 0 Å². The predicted molar refractivity (Wildman–Crippen MR) is 289 cm³/mol. The van der Waals surface area contributed by atoms with E-state index in [0.717, 1.165) is 77.2 Å². The van der Waals surface area contributed by atoms with Gasteiger partial charge in [-0.15, -0.1) is 0 Å². The largest absolute Gasteiger partial charge is 0.208 e. The van der Waals surface area contributed by atoms with Crippen molar-refractivity contribution in [3.63, 3.8) is 0 Å². The Kier molecular flexibility index (Phi) is 10.1.